The summed E-state index contributed by atoms with van der Waals surface area (Å²) in [7, 11) is 0. The van der Waals surface area contributed by atoms with Crippen molar-refractivity contribution in [3.8, 4) is 0 Å². The SMILES string of the molecule is O=C(O)/C=C/c1cc(F)ccc1COCC1CC1. The van der Waals surface area contributed by atoms with Gasteiger partial charge in [0.2, 0.25) is 0 Å². The van der Waals surface area contributed by atoms with Gasteiger partial charge in [0, 0.05) is 12.7 Å². The lowest BCUT2D eigenvalue weighted by Gasteiger charge is -2.07. The van der Waals surface area contributed by atoms with Crippen molar-refractivity contribution in [2.24, 2.45) is 5.92 Å². The number of hydrogen-bond donors (Lipinski definition) is 1. The lowest BCUT2D eigenvalue weighted by molar-refractivity contribution is -0.131. The summed E-state index contributed by atoms with van der Waals surface area (Å²) in [6.07, 6.45) is 4.82. The molecule has 0 radical (unpaired) electrons. The predicted molar refractivity (Wildman–Crippen MR) is 65.4 cm³/mol. The molecule has 0 spiro atoms. The second-order valence-corrected chi connectivity index (χ2v) is 4.47. The van der Waals surface area contributed by atoms with Crippen molar-refractivity contribution in [2.75, 3.05) is 6.61 Å². The van der Waals surface area contributed by atoms with E-state index in [1.165, 1.54) is 31.1 Å². The zero-order valence-corrected chi connectivity index (χ0v) is 9.93. The predicted octanol–water partition coefficient (Wildman–Crippen LogP) is 2.85. The quantitative estimate of drug-likeness (QED) is 0.790. The molecule has 18 heavy (non-hydrogen) atoms. The molecule has 0 unspecified atom stereocenters. The van der Waals surface area contributed by atoms with Crippen LogP contribution in [0, 0.1) is 11.7 Å². The highest BCUT2D eigenvalue weighted by Crippen LogP contribution is 2.29. The highest BCUT2D eigenvalue weighted by Gasteiger charge is 2.21. The van der Waals surface area contributed by atoms with Crippen molar-refractivity contribution >= 4 is 12.0 Å². The van der Waals surface area contributed by atoms with Crippen LogP contribution in [-0.2, 0) is 16.1 Å². The third-order valence-corrected chi connectivity index (χ3v) is 2.82. The summed E-state index contributed by atoms with van der Waals surface area (Å²) in [5, 5.41) is 8.58. The van der Waals surface area contributed by atoms with Crippen LogP contribution in [0.5, 0.6) is 0 Å². The Balaban J connectivity index is 2.03. The fourth-order valence-corrected chi connectivity index (χ4v) is 1.63. The molecule has 0 aromatic heterocycles. The molecule has 0 aliphatic heterocycles. The van der Waals surface area contributed by atoms with Gasteiger partial charge in [0.25, 0.3) is 0 Å². The topological polar surface area (TPSA) is 46.5 Å². The van der Waals surface area contributed by atoms with E-state index in [0.29, 0.717) is 18.1 Å². The van der Waals surface area contributed by atoms with Crippen molar-refractivity contribution in [3.05, 3.63) is 41.2 Å². The van der Waals surface area contributed by atoms with Crippen LogP contribution in [-0.4, -0.2) is 17.7 Å². The molecule has 1 fully saturated rings. The van der Waals surface area contributed by atoms with Gasteiger partial charge in [0.05, 0.1) is 6.61 Å². The van der Waals surface area contributed by atoms with Crippen molar-refractivity contribution in [3.63, 3.8) is 0 Å². The maximum absolute atomic E-state index is 13.1. The summed E-state index contributed by atoms with van der Waals surface area (Å²) in [5.41, 5.74) is 1.35. The molecule has 0 atom stereocenters. The van der Waals surface area contributed by atoms with E-state index in [-0.39, 0.29) is 5.82 Å². The summed E-state index contributed by atoms with van der Waals surface area (Å²) in [6.45, 7) is 1.11. The van der Waals surface area contributed by atoms with Crippen LogP contribution in [0.25, 0.3) is 6.08 Å². The van der Waals surface area contributed by atoms with Crippen molar-refractivity contribution in [1.82, 2.24) is 0 Å². The molecule has 0 amide bonds. The average molecular weight is 250 g/mol. The molecule has 1 aliphatic carbocycles. The van der Waals surface area contributed by atoms with Crippen molar-refractivity contribution in [2.45, 2.75) is 19.4 Å². The smallest absolute Gasteiger partial charge is 0.328 e. The number of carbonyl (C=O) groups is 1. The Hall–Kier alpha value is -1.68. The van der Waals surface area contributed by atoms with Gasteiger partial charge in [0.15, 0.2) is 0 Å². The molecular weight excluding hydrogens is 235 g/mol. The molecule has 1 aromatic rings. The minimum absolute atomic E-state index is 0.383. The third-order valence-electron chi connectivity index (χ3n) is 2.82. The Labute approximate surface area is 105 Å². The molecule has 2 rings (SSSR count). The molecule has 3 nitrogen and oxygen atoms in total. The first-order chi connectivity index (χ1) is 8.65. The number of halogens is 1. The van der Waals surface area contributed by atoms with Gasteiger partial charge >= 0.3 is 5.97 Å². The van der Waals surface area contributed by atoms with Gasteiger partial charge in [-0.25, -0.2) is 9.18 Å². The number of hydrogen-bond acceptors (Lipinski definition) is 2. The van der Waals surface area contributed by atoms with E-state index in [0.717, 1.165) is 18.2 Å². The number of aliphatic carboxylic acids is 1. The van der Waals surface area contributed by atoms with Gasteiger partial charge in [-0.3, -0.25) is 0 Å². The Morgan fingerprint density at radius 1 is 1.50 bits per heavy atom. The van der Waals surface area contributed by atoms with Crippen molar-refractivity contribution in [1.29, 1.82) is 0 Å². The van der Waals surface area contributed by atoms with Gasteiger partial charge in [-0.1, -0.05) is 6.07 Å². The van der Waals surface area contributed by atoms with Crippen LogP contribution in [0.3, 0.4) is 0 Å². The maximum atomic E-state index is 13.1. The average Bonchev–Trinajstić information content (AvgIpc) is 3.13. The molecule has 1 aromatic carbocycles. The molecule has 1 saturated carbocycles. The van der Waals surface area contributed by atoms with Gasteiger partial charge in [-0.05, 0) is 48.1 Å². The molecule has 4 heteroatoms. The molecule has 1 aliphatic rings. The summed E-state index contributed by atoms with van der Waals surface area (Å²) in [4.78, 5) is 10.5. The van der Waals surface area contributed by atoms with Crippen LogP contribution >= 0.6 is 0 Å². The number of carboxylic acids is 1. The fourth-order valence-electron chi connectivity index (χ4n) is 1.63. The second kappa shape index (κ2) is 5.78. The summed E-state index contributed by atoms with van der Waals surface area (Å²) < 4.78 is 18.6. The van der Waals surface area contributed by atoms with Gasteiger partial charge in [-0.15, -0.1) is 0 Å². The second-order valence-electron chi connectivity index (χ2n) is 4.47. The molecule has 0 saturated heterocycles. The number of carboxylic acid groups (broad SMARTS) is 1. The standard InChI is InChI=1S/C14H15FO3/c15-13-5-3-12(9-18-8-10-1-2-10)11(7-13)4-6-14(16)17/h3-7,10H,1-2,8-9H2,(H,16,17)/b6-4+. The zero-order chi connectivity index (χ0) is 13.0. The van der Waals surface area contributed by atoms with Crippen molar-refractivity contribution < 1.29 is 19.0 Å². The van der Waals surface area contributed by atoms with E-state index >= 15 is 0 Å². The van der Waals surface area contributed by atoms with Crippen LogP contribution in [0.15, 0.2) is 24.3 Å². The van der Waals surface area contributed by atoms with Gasteiger partial charge < -0.3 is 9.84 Å². The first kappa shape index (κ1) is 12.8. The maximum Gasteiger partial charge on any atom is 0.328 e. The Morgan fingerprint density at radius 2 is 2.28 bits per heavy atom. The first-order valence-electron chi connectivity index (χ1n) is 5.92. The van der Waals surface area contributed by atoms with Gasteiger partial charge in [-0.2, -0.15) is 0 Å². The van der Waals surface area contributed by atoms with E-state index in [2.05, 4.69) is 0 Å². The number of benzene rings is 1. The Kier molecular flexibility index (Phi) is 4.10. The minimum Gasteiger partial charge on any atom is -0.478 e. The zero-order valence-electron chi connectivity index (χ0n) is 9.93. The molecular formula is C14H15FO3. The highest BCUT2D eigenvalue weighted by atomic mass is 19.1. The molecule has 0 bridgehead atoms. The summed E-state index contributed by atoms with van der Waals surface area (Å²) in [6, 6.07) is 4.30. The van der Waals surface area contributed by atoms with Crippen LogP contribution < -0.4 is 0 Å². The van der Waals surface area contributed by atoms with E-state index in [4.69, 9.17) is 9.84 Å². The lowest BCUT2D eigenvalue weighted by atomic mass is 10.1. The normalized spacial score (nSPS) is 15.2. The first-order valence-corrected chi connectivity index (χ1v) is 5.92. The Morgan fingerprint density at radius 3 is 2.94 bits per heavy atom. The van der Waals surface area contributed by atoms with E-state index < -0.39 is 5.97 Å². The fraction of sp³-hybridized carbons (Fsp3) is 0.357. The third kappa shape index (κ3) is 3.96. The summed E-state index contributed by atoms with van der Waals surface area (Å²) >= 11 is 0. The molecule has 96 valence electrons. The Bertz CT molecular complexity index is 464. The monoisotopic (exact) mass is 250 g/mol. The van der Waals surface area contributed by atoms with E-state index in [1.54, 1.807) is 6.07 Å². The number of ether oxygens (including phenoxy) is 1. The van der Waals surface area contributed by atoms with E-state index in [9.17, 15) is 9.18 Å². The minimum atomic E-state index is -1.05. The van der Waals surface area contributed by atoms with Gasteiger partial charge in [0.1, 0.15) is 5.82 Å². The highest BCUT2D eigenvalue weighted by molar-refractivity contribution is 5.85. The molecule has 1 N–H and O–H groups in total. The van der Waals surface area contributed by atoms with Crippen LogP contribution in [0.1, 0.15) is 24.0 Å². The van der Waals surface area contributed by atoms with Crippen LogP contribution in [0.4, 0.5) is 4.39 Å². The van der Waals surface area contributed by atoms with E-state index in [1.807, 2.05) is 0 Å². The molecule has 0 heterocycles. The summed E-state index contributed by atoms with van der Waals surface area (Å²) in [5.74, 6) is -0.765. The number of rotatable bonds is 6. The largest absolute Gasteiger partial charge is 0.478 e. The lowest BCUT2D eigenvalue weighted by Crippen LogP contribution is -1.99. The van der Waals surface area contributed by atoms with Crippen LogP contribution in [0.2, 0.25) is 0 Å².